The maximum atomic E-state index is 13.0. The Morgan fingerprint density at radius 1 is 1.44 bits per heavy atom. The number of hydrogen-bond acceptors (Lipinski definition) is 4. The largest absolute Gasteiger partial charge is 0.396 e. The molecule has 18 heavy (non-hydrogen) atoms. The summed E-state index contributed by atoms with van der Waals surface area (Å²) in [6.45, 7) is 0.281. The molecule has 0 atom stereocenters. The van der Waals surface area contributed by atoms with Crippen molar-refractivity contribution in [3.63, 3.8) is 0 Å². The molecule has 0 aliphatic rings. The van der Waals surface area contributed by atoms with Gasteiger partial charge >= 0.3 is 0 Å². The van der Waals surface area contributed by atoms with Crippen molar-refractivity contribution in [2.45, 2.75) is 12.8 Å². The van der Waals surface area contributed by atoms with Crippen LogP contribution in [-0.2, 0) is 0 Å². The Morgan fingerprint density at radius 2 is 2.17 bits per heavy atom. The Kier molecular flexibility index (Phi) is 5.19. The Balaban J connectivity index is 2.77. The second kappa shape index (κ2) is 6.65. The van der Waals surface area contributed by atoms with Crippen LogP contribution < -0.4 is 5.32 Å². The Morgan fingerprint density at radius 3 is 2.78 bits per heavy atom. The zero-order valence-electron chi connectivity index (χ0n) is 9.56. The topological polar surface area (TPSA) is 92.5 Å². The molecule has 0 unspecified atom stereocenters. The second-order valence-electron chi connectivity index (χ2n) is 3.61. The lowest BCUT2D eigenvalue weighted by molar-refractivity contribution is -0.385. The minimum atomic E-state index is -0.734. The number of carbonyl (C=O) groups is 1. The number of nitrogens with one attached hydrogen (secondary N) is 1. The molecule has 7 heteroatoms. The highest BCUT2D eigenvalue weighted by Gasteiger charge is 2.20. The van der Waals surface area contributed by atoms with Crippen molar-refractivity contribution in [3.05, 3.63) is 39.7 Å². The normalized spacial score (nSPS) is 10.1. The predicted octanol–water partition coefficient (Wildman–Crippen LogP) is 1.24. The fourth-order valence-corrected chi connectivity index (χ4v) is 1.38. The van der Waals surface area contributed by atoms with Gasteiger partial charge in [-0.25, -0.2) is 4.39 Å². The van der Waals surface area contributed by atoms with Crippen molar-refractivity contribution in [2.24, 2.45) is 0 Å². The summed E-state index contributed by atoms with van der Waals surface area (Å²) < 4.78 is 13.0. The third-order valence-electron chi connectivity index (χ3n) is 2.27. The summed E-state index contributed by atoms with van der Waals surface area (Å²) in [5.41, 5.74) is -0.736. The number of nitro benzene ring substituents is 1. The lowest BCUT2D eigenvalue weighted by atomic mass is 10.1. The van der Waals surface area contributed by atoms with Crippen LogP contribution in [0.15, 0.2) is 18.2 Å². The van der Waals surface area contributed by atoms with Crippen LogP contribution in [0.5, 0.6) is 0 Å². The standard InChI is InChI=1S/C11H13FN2O4/c12-8-3-4-10(14(17)18)9(7-8)11(16)13-5-1-2-6-15/h3-4,7,15H,1-2,5-6H2,(H,13,16). The molecule has 0 saturated heterocycles. The van der Waals surface area contributed by atoms with Gasteiger partial charge < -0.3 is 10.4 Å². The Bertz CT molecular complexity index is 451. The molecule has 1 amide bonds. The fourth-order valence-electron chi connectivity index (χ4n) is 1.38. The number of nitro groups is 1. The molecule has 1 aromatic carbocycles. The summed E-state index contributed by atoms with van der Waals surface area (Å²) in [7, 11) is 0. The summed E-state index contributed by atoms with van der Waals surface area (Å²) >= 11 is 0. The lowest BCUT2D eigenvalue weighted by Gasteiger charge is -2.05. The first-order chi connectivity index (χ1) is 8.56. The summed E-state index contributed by atoms with van der Waals surface area (Å²) in [6.07, 6.45) is 1.07. The van der Waals surface area contributed by atoms with Gasteiger partial charge in [-0.1, -0.05) is 0 Å². The van der Waals surface area contributed by atoms with Gasteiger partial charge in [0.25, 0.3) is 11.6 Å². The van der Waals surface area contributed by atoms with Gasteiger partial charge in [-0.2, -0.15) is 0 Å². The molecule has 0 saturated carbocycles. The first kappa shape index (κ1) is 14.0. The summed E-state index contributed by atoms with van der Waals surface area (Å²) in [6, 6.07) is 2.72. The number of benzene rings is 1. The van der Waals surface area contributed by atoms with Crippen molar-refractivity contribution >= 4 is 11.6 Å². The minimum Gasteiger partial charge on any atom is -0.396 e. The van der Waals surface area contributed by atoms with Crippen LogP contribution in [0.2, 0.25) is 0 Å². The number of rotatable bonds is 6. The van der Waals surface area contributed by atoms with E-state index in [9.17, 15) is 19.3 Å². The molecule has 0 fully saturated rings. The number of aliphatic hydroxyl groups excluding tert-OH is 1. The quantitative estimate of drug-likeness (QED) is 0.455. The first-order valence-electron chi connectivity index (χ1n) is 5.39. The van der Waals surface area contributed by atoms with E-state index in [0.29, 0.717) is 12.8 Å². The monoisotopic (exact) mass is 256 g/mol. The zero-order chi connectivity index (χ0) is 13.5. The molecule has 0 aromatic heterocycles. The van der Waals surface area contributed by atoms with E-state index < -0.39 is 22.3 Å². The zero-order valence-corrected chi connectivity index (χ0v) is 9.56. The number of amides is 1. The predicted molar refractivity (Wildman–Crippen MR) is 61.7 cm³/mol. The second-order valence-corrected chi connectivity index (χ2v) is 3.61. The van der Waals surface area contributed by atoms with E-state index >= 15 is 0 Å². The van der Waals surface area contributed by atoms with E-state index in [0.717, 1.165) is 18.2 Å². The highest BCUT2D eigenvalue weighted by Crippen LogP contribution is 2.19. The van der Waals surface area contributed by atoms with Gasteiger partial charge in [-0.15, -0.1) is 0 Å². The maximum Gasteiger partial charge on any atom is 0.282 e. The van der Waals surface area contributed by atoms with Gasteiger partial charge in [-0.05, 0) is 25.0 Å². The van der Waals surface area contributed by atoms with Crippen LogP contribution in [0.3, 0.4) is 0 Å². The van der Waals surface area contributed by atoms with Crippen LogP contribution >= 0.6 is 0 Å². The van der Waals surface area contributed by atoms with E-state index in [2.05, 4.69) is 5.32 Å². The smallest absolute Gasteiger partial charge is 0.282 e. The minimum absolute atomic E-state index is 0.00990. The van der Waals surface area contributed by atoms with Crippen molar-refractivity contribution in [3.8, 4) is 0 Å². The fraction of sp³-hybridized carbons (Fsp3) is 0.364. The van der Waals surface area contributed by atoms with Gasteiger partial charge in [-0.3, -0.25) is 14.9 Å². The number of unbranched alkanes of at least 4 members (excludes halogenated alkanes) is 1. The number of hydrogen-bond donors (Lipinski definition) is 2. The Hall–Kier alpha value is -2.02. The molecule has 0 radical (unpaired) electrons. The van der Waals surface area contributed by atoms with Crippen molar-refractivity contribution in [2.75, 3.05) is 13.2 Å². The molecule has 0 spiro atoms. The average Bonchev–Trinajstić information content (AvgIpc) is 2.34. The summed E-state index contributed by atoms with van der Waals surface area (Å²) in [4.78, 5) is 21.6. The third-order valence-corrected chi connectivity index (χ3v) is 2.27. The molecule has 1 aromatic rings. The third kappa shape index (κ3) is 3.77. The molecular formula is C11H13FN2O4. The first-order valence-corrected chi connectivity index (χ1v) is 5.39. The van der Waals surface area contributed by atoms with Crippen LogP contribution in [-0.4, -0.2) is 29.1 Å². The lowest BCUT2D eigenvalue weighted by Crippen LogP contribution is -2.25. The van der Waals surface area contributed by atoms with Gasteiger partial charge in [0.05, 0.1) is 4.92 Å². The van der Waals surface area contributed by atoms with Crippen molar-refractivity contribution < 1.29 is 19.2 Å². The van der Waals surface area contributed by atoms with E-state index in [1.54, 1.807) is 0 Å². The van der Waals surface area contributed by atoms with Crippen LogP contribution in [0.4, 0.5) is 10.1 Å². The molecule has 98 valence electrons. The highest BCUT2D eigenvalue weighted by atomic mass is 19.1. The highest BCUT2D eigenvalue weighted by molar-refractivity contribution is 5.98. The number of carbonyl (C=O) groups excluding carboxylic acids is 1. The summed E-state index contributed by atoms with van der Waals surface area (Å²) in [5.74, 6) is -1.40. The number of nitrogens with zero attached hydrogens (tertiary/aromatic N) is 1. The molecule has 1 rings (SSSR count). The maximum absolute atomic E-state index is 13.0. The van der Waals surface area contributed by atoms with Gasteiger partial charge in [0.15, 0.2) is 0 Å². The van der Waals surface area contributed by atoms with Gasteiger partial charge in [0, 0.05) is 19.2 Å². The van der Waals surface area contributed by atoms with Crippen molar-refractivity contribution in [1.29, 1.82) is 0 Å². The molecular weight excluding hydrogens is 243 g/mol. The Labute approximate surface area is 103 Å². The molecule has 0 aliphatic carbocycles. The van der Waals surface area contributed by atoms with E-state index in [1.807, 2.05) is 0 Å². The number of aliphatic hydroxyl groups is 1. The van der Waals surface area contributed by atoms with Crippen LogP contribution in [0.25, 0.3) is 0 Å². The van der Waals surface area contributed by atoms with E-state index in [1.165, 1.54) is 0 Å². The average molecular weight is 256 g/mol. The van der Waals surface area contributed by atoms with Gasteiger partial charge in [0.2, 0.25) is 0 Å². The molecule has 6 nitrogen and oxygen atoms in total. The summed E-state index contributed by atoms with van der Waals surface area (Å²) in [5, 5.41) is 21.7. The van der Waals surface area contributed by atoms with E-state index in [4.69, 9.17) is 5.11 Å². The number of halogens is 1. The van der Waals surface area contributed by atoms with Gasteiger partial charge in [0.1, 0.15) is 11.4 Å². The molecule has 0 aliphatic heterocycles. The van der Waals surface area contributed by atoms with Crippen molar-refractivity contribution in [1.82, 2.24) is 5.32 Å². The molecule has 2 N–H and O–H groups in total. The SMILES string of the molecule is O=C(NCCCCO)c1cc(F)ccc1[N+](=O)[O-]. The van der Waals surface area contributed by atoms with Crippen LogP contribution in [0, 0.1) is 15.9 Å². The van der Waals surface area contributed by atoms with E-state index in [-0.39, 0.29) is 18.7 Å². The molecule has 0 heterocycles. The molecule has 0 bridgehead atoms. The van der Waals surface area contributed by atoms with Crippen LogP contribution in [0.1, 0.15) is 23.2 Å².